The average Bonchev–Trinajstić information content (AvgIpc) is 3.27. The smallest absolute Gasteiger partial charge is 0.340 e. The molecule has 33 heavy (non-hydrogen) atoms. The second-order valence-corrected chi connectivity index (χ2v) is 9.50. The molecule has 3 rings (SSSR count). The maximum atomic E-state index is 12.3. The fourth-order valence-corrected chi connectivity index (χ4v) is 3.81. The van der Waals surface area contributed by atoms with Gasteiger partial charge in [0.1, 0.15) is 0 Å². The van der Waals surface area contributed by atoms with Crippen LogP contribution in [0.1, 0.15) is 24.2 Å². The molecule has 2 N–H and O–H groups in total. The number of carbonyl (C=O) groups excluding carboxylic acids is 2. The van der Waals surface area contributed by atoms with Crippen molar-refractivity contribution in [1.82, 2.24) is 10.2 Å². The van der Waals surface area contributed by atoms with Gasteiger partial charge < -0.3 is 14.5 Å². The van der Waals surface area contributed by atoms with E-state index in [9.17, 15) is 18.0 Å². The maximum absolute atomic E-state index is 12.3. The van der Waals surface area contributed by atoms with E-state index in [0.717, 1.165) is 11.8 Å². The Labute approximate surface area is 195 Å². The van der Waals surface area contributed by atoms with Crippen molar-refractivity contribution in [3.05, 3.63) is 54.1 Å². The van der Waals surface area contributed by atoms with Crippen molar-refractivity contribution in [3.8, 4) is 11.5 Å². The summed E-state index contributed by atoms with van der Waals surface area (Å²) in [6.45, 7) is 3.48. The molecular weight excluding hydrogens is 468 g/mol. The van der Waals surface area contributed by atoms with E-state index in [1.165, 1.54) is 0 Å². The molecule has 0 unspecified atom stereocenters. The molecule has 0 saturated heterocycles. The molecule has 0 aliphatic carbocycles. The molecule has 0 atom stereocenters. The molecule has 0 radical (unpaired) electrons. The number of anilines is 2. The molecule has 1 heterocycles. The van der Waals surface area contributed by atoms with Crippen molar-refractivity contribution in [2.45, 2.75) is 19.1 Å². The summed E-state index contributed by atoms with van der Waals surface area (Å²) >= 11 is 1.04. The number of esters is 1. The number of ether oxygens (including phenoxy) is 1. The first kappa shape index (κ1) is 24.3. The largest absolute Gasteiger partial charge is 0.462 e. The number of carbonyl (C=O) groups is 2. The molecule has 0 bridgehead atoms. The summed E-state index contributed by atoms with van der Waals surface area (Å²) < 4.78 is 36.3. The van der Waals surface area contributed by atoms with E-state index in [4.69, 9.17) is 9.15 Å². The number of hydrogen-bond donors (Lipinski definition) is 2. The van der Waals surface area contributed by atoms with Gasteiger partial charge in [0.2, 0.25) is 21.8 Å². The Bertz CT molecular complexity index is 1230. The van der Waals surface area contributed by atoms with Crippen molar-refractivity contribution >= 4 is 45.0 Å². The Kier molecular flexibility index (Phi) is 8.06. The first-order valence-electron chi connectivity index (χ1n) is 9.94. The van der Waals surface area contributed by atoms with Crippen molar-refractivity contribution in [3.63, 3.8) is 0 Å². The van der Waals surface area contributed by atoms with E-state index in [1.54, 1.807) is 62.4 Å². The third-order valence-corrected chi connectivity index (χ3v) is 6.34. The summed E-state index contributed by atoms with van der Waals surface area (Å²) in [6, 6.07) is 13.1. The van der Waals surface area contributed by atoms with Gasteiger partial charge >= 0.3 is 5.97 Å². The normalized spacial score (nSPS) is 11.1. The average molecular weight is 491 g/mol. The molecule has 3 aromatic rings. The number of amides is 1. The van der Waals surface area contributed by atoms with Crippen LogP contribution in [0.5, 0.6) is 0 Å². The SMILES string of the molecule is CCOC(=O)c1ccccc1NC(=O)CSc1nnc(-c2ccc(NS(=O)(=O)CC)cc2)o1. The van der Waals surface area contributed by atoms with Gasteiger partial charge in [-0.15, -0.1) is 10.2 Å². The van der Waals surface area contributed by atoms with Crippen LogP contribution in [0.3, 0.4) is 0 Å². The van der Waals surface area contributed by atoms with Crippen molar-refractivity contribution < 1.29 is 27.2 Å². The second-order valence-electron chi connectivity index (χ2n) is 6.56. The van der Waals surface area contributed by atoms with Crippen molar-refractivity contribution in [2.24, 2.45) is 0 Å². The van der Waals surface area contributed by atoms with Gasteiger partial charge in [0, 0.05) is 11.3 Å². The number of benzene rings is 2. The summed E-state index contributed by atoms with van der Waals surface area (Å²) in [4.78, 5) is 24.4. The lowest BCUT2D eigenvalue weighted by Gasteiger charge is -2.09. The van der Waals surface area contributed by atoms with Crippen molar-refractivity contribution in [1.29, 1.82) is 0 Å². The first-order chi connectivity index (χ1) is 15.8. The number of nitrogens with one attached hydrogen (secondary N) is 2. The van der Waals surface area contributed by atoms with Crippen LogP contribution in [0, 0.1) is 0 Å². The molecule has 12 heteroatoms. The molecule has 0 fully saturated rings. The lowest BCUT2D eigenvalue weighted by molar-refractivity contribution is -0.113. The fourth-order valence-electron chi connectivity index (χ4n) is 2.61. The van der Waals surface area contributed by atoms with E-state index in [2.05, 4.69) is 20.2 Å². The van der Waals surface area contributed by atoms with Crippen LogP contribution in [0.15, 0.2) is 58.2 Å². The third kappa shape index (κ3) is 6.80. The number of hydrogen-bond acceptors (Lipinski definition) is 9. The van der Waals surface area contributed by atoms with Crippen LogP contribution < -0.4 is 10.0 Å². The van der Waals surface area contributed by atoms with Crippen LogP contribution in [0.2, 0.25) is 0 Å². The molecule has 1 amide bonds. The van der Waals surface area contributed by atoms with E-state index < -0.39 is 16.0 Å². The number of thioether (sulfide) groups is 1. The Balaban J connectivity index is 1.58. The highest BCUT2D eigenvalue weighted by molar-refractivity contribution is 7.99. The number of aromatic nitrogens is 2. The lowest BCUT2D eigenvalue weighted by Crippen LogP contribution is -2.17. The van der Waals surface area contributed by atoms with Crippen LogP contribution in [0.25, 0.3) is 11.5 Å². The number of sulfonamides is 1. The van der Waals surface area contributed by atoms with Gasteiger partial charge in [-0.2, -0.15) is 0 Å². The Hall–Kier alpha value is -3.38. The van der Waals surface area contributed by atoms with Gasteiger partial charge in [-0.3, -0.25) is 9.52 Å². The molecular formula is C21H22N4O6S2. The molecule has 0 saturated carbocycles. The van der Waals surface area contributed by atoms with Crippen LogP contribution in [-0.4, -0.2) is 48.6 Å². The summed E-state index contributed by atoms with van der Waals surface area (Å²) in [5.74, 6) is -0.687. The summed E-state index contributed by atoms with van der Waals surface area (Å²) in [6.07, 6.45) is 0. The molecule has 0 aliphatic heterocycles. The second kappa shape index (κ2) is 11.0. The summed E-state index contributed by atoms with van der Waals surface area (Å²) in [5, 5.41) is 10.7. The lowest BCUT2D eigenvalue weighted by atomic mass is 10.2. The Morgan fingerprint density at radius 2 is 1.79 bits per heavy atom. The van der Waals surface area contributed by atoms with Gasteiger partial charge in [0.15, 0.2) is 0 Å². The topological polar surface area (TPSA) is 140 Å². The zero-order valence-electron chi connectivity index (χ0n) is 17.9. The highest BCUT2D eigenvalue weighted by atomic mass is 32.2. The first-order valence-corrected chi connectivity index (χ1v) is 12.6. The summed E-state index contributed by atoms with van der Waals surface area (Å²) in [5.41, 5.74) is 1.64. The molecule has 0 spiro atoms. The predicted molar refractivity (Wildman–Crippen MR) is 125 cm³/mol. The predicted octanol–water partition coefficient (Wildman–Crippen LogP) is 3.41. The number of para-hydroxylation sites is 1. The zero-order valence-corrected chi connectivity index (χ0v) is 19.5. The summed E-state index contributed by atoms with van der Waals surface area (Å²) in [7, 11) is -3.36. The van der Waals surface area contributed by atoms with E-state index in [-0.39, 0.29) is 40.7 Å². The van der Waals surface area contributed by atoms with Crippen LogP contribution in [-0.2, 0) is 19.6 Å². The monoisotopic (exact) mass is 490 g/mol. The van der Waals surface area contributed by atoms with Gasteiger partial charge in [0.25, 0.3) is 5.22 Å². The maximum Gasteiger partial charge on any atom is 0.340 e. The van der Waals surface area contributed by atoms with Crippen LogP contribution >= 0.6 is 11.8 Å². The molecule has 1 aromatic heterocycles. The van der Waals surface area contributed by atoms with E-state index in [1.807, 2.05) is 0 Å². The van der Waals surface area contributed by atoms with Gasteiger partial charge in [-0.25, -0.2) is 13.2 Å². The highest BCUT2D eigenvalue weighted by Crippen LogP contribution is 2.25. The van der Waals surface area contributed by atoms with Crippen LogP contribution in [0.4, 0.5) is 11.4 Å². The minimum atomic E-state index is -3.36. The zero-order chi connectivity index (χ0) is 23.8. The fraction of sp³-hybridized carbons (Fsp3) is 0.238. The minimum Gasteiger partial charge on any atom is -0.462 e. The van der Waals surface area contributed by atoms with E-state index >= 15 is 0 Å². The van der Waals surface area contributed by atoms with Crippen molar-refractivity contribution in [2.75, 3.05) is 28.2 Å². The Morgan fingerprint density at radius 1 is 1.06 bits per heavy atom. The molecule has 0 aliphatic rings. The minimum absolute atomic E-state index is 0.0173. The number of nitrogens with zero attached hydrogens (tertiary/aromatic N) is 2. The van der Waals surface area contributed by atoms with E-state index in [0.29, 0.717) is 16.9 Å². The quantitative estimate of drug-likeness (QED) is 0.323. The number of rotatable bonds is 10. The molecule has 2 aromatic carbocycles. The standard InChI is InChI=1S/C21H22N4O6S2/c1-3-30-20(27)16-7-5-6-8-17(16)22-18(26)13-32-21-24-23-19(31-21)14-9-11-15(12-10-14)25-33(28,29)4-2/h5-12,25H,3-4,13H2,1-2H3,(H,22,26). The van der Waals surface area contributed by atoms with Gasteiger partial charge in [-0.1, -0.05) is 23.9 Å². The Morgan fingerprint density at radius 3 is 2.48 bits per heavy atom. The van der Waals surface area contributed by atoms with Gasteiger partial charge in [0.05, 0.1) is 29.4 Å². The highest BCUT2D eigenvalue weighted by Gasteiger charge is 2.16. The molecule has 174 valence electrons. The third-order valence-electron chi connectivity index (χ3n) is 4.21. The van der Waals surface area contributed by atoms with Gasteiger partial charge in [-0.05, 0) is 50.2 Å². The molecule has 10 nitrogen and oxygen atoms in total.